The van der Waals surface area contributed by atoms with Gasteiger partial charge in [-0.2, -0.15) is 0 Å². The molecule has 26 heavy (non-hydrogen) atoms. The first kappa shape index (κ1) is 20.2. The van der Waals surface area contributed by atoms with Gasteiger partial charge in [-0.05, 0) is 38.8 Å². The molecule has 2 N–H and O–H groups in total. The molecule has 0 atom stereocenters. The second kappa shape index (κ2) is 9.56. The molecule has 7 nitrogen and oxygen atoms in total. The van der Waals surface area contributed by atoms with Gasteiger partial charge in [-0.15, -0.1) is 0 Å². The minimum atomic E-state index is -2.91. The number of nitrogens with one attached hydrogen (secondary N) is 2. The fraction of sp³-hybridized carbons (Fsp3) is 0.556. The zero-order chi connectivity index (χ0) is 19.0. The predicted octanol–water partition coefficient (Wildman–Crippen LogP) is 1.72. The zero-order valence-corrected chi connectivity index (χ0v) is 16.6. The number of nitrogens with zero attached hydrogens (tertiary/aromatic N) is 3. The molecule has 0 aliphatic heterocycles. The highest BCUT2D eigenvalue weighted by Crippen LogP contribution is 2.15. The summed E-state index contributed by atoms with van der Waals surface area (Å²) in [5.74, 6) is 1.93. The van der Waals surface area contributed by atoms with E-state index >= 15 is 0 Å². The maximum absolute atomic E-state index is 11.2. The number of imidazole rings is 1. The van der Waals surface area contributed by atoms with Crippen molar-refractivity contribution in [3.8, 4) is 0 Å². The van der Waals surface area contributed by atoms with Crippen LogP contribution in [0.2, 0.25) is 0 Å². The molecule has 0 saturated carbocycles. The van der Waals surface area contributed by atoms with Crippen LogP contribution in [0.25, 0.3) is 11.0 Å². The van der Waals surface area contributed by atoms with E-state index in [-0.39, 0.29) is 5.75 Å². The fourth-order valence-electron chi connectivity index (χ4n) is 2.78. The van der Waals surface area contributed by atoms with Crippen LogP contribution < -0.4 is 10.6 Å². The Hall–Kier alpha value is -2.09. The van der Waals surface area contributed by atoms with Gasteiger partial charge in [0.2, 0.25) is 0 Å². The van der Waals surface area contributed by atoms with Crippen molar-refractivity contribution in [2.75, 3.05) is 31.6 Å². The van der Waals surface area contributed by atoms with Crippen LogP contribution in [0, 0.1) is 6.92 Å². The van der Waals surface area contributed by atoms with E-state index in [1.807, 2.05) is 32.0 Å². The molecule has 1 aromatic carbocycles. The summed E-state index contributed by atoms with van der Waals surface area (Å²) in [6.07, 6.45) is 2.73. The van der Waals surface area contributed by atoms with Gasteiger partial charge in [0.25, 0.3) is 0 Å². The summed E-state index contributed by atoms with van der Waals surface area (Å²) < 4.78 is 24.5. The predicted molar refractivity (Wildman–Crippen MR) is 107 cm³/mol. The molecule has 0 bridgehead atoms. The van der Waals surface area contributed by atoms with Crippen LogP contribution in [0.15, 0.2) is 29.3 Å². The summed E-state index contributed by atoms with van der Waals surface area (Å²) in [7, 11) is -2.91. The van der Waals surface area contributed by atoms with Gasteiger partial charge >= 0.3 is 0 Å². The lowest BCUT2D eigenvalue weighted by atomic mass is 10.3. The molecule has 2 aromatic rings. The van der Waals surface area contributed by atoms with Crippen LogP contribution in [0.5, 0.6) is 0 Å². The first-order chi connectivity index (χ1) is 12.4. The van der Waals surface area contributed by atoms with E-state index in [0.717, 1.165) is 42.3 Å². The average molecular weight is 380 g/mol. The third kappa shape index (κ3) is 6.33. The summed E-state index contributed by atoms with van der Waals surface area (Å²) in [4.78, 5) is 9.15. The van der Waals surface area contributed by atoms with E-state index in [4.69, 9.17) is 0 Å². The second-order valence-corrected chi connectivity index (χ2v) is 8.58. The third-order valence-electron chi connectivity index (χ3n) is 3.98. The molecule has 0 unspecified atom stereocenters. The van der Waals surface area contributed by atoms with Crippen LogP contribution in [0.3, 0.4) is 0 Å². The van der Waals surface area contributed by atoms with E-state index < -0.39 is 9.84 Å². The highest BCUT2D eigenvalue weighted by atomic mass is 32.2. The number of hydrogen-bond donors (Lipinski definition) is 2. The standard InChI is InChI=1S/C18H29N5O2S/c1-4-19-18(21-12-8-14-26(3,24)25)20-11-7-13-23-15(2)22-16-9-5-6-10-17(16)23/h5-6,9-10H,4,7-8,11-14H2,1-3H3,(H2,19,20,21). The van der Waals surface area contributed by atoms with E-state index in [9.17, 15) is 8.42 Å². The SMILES string of the molecule is CCNC(=NCCCn1c(C)nc2ccccc21)NCCCS(C)(=O)=O. The van der Waals surface area contributed by atoms with Gasteiger partial charge in [0.05, 0.1) is 16.8 Å². The Morgan fingerprint density at radius 1 is 1.23 bits per heavy atom. The lowest BCUT2D eigenvalue weighted by molar-refractivity contribution is 0.598. The molecule has 0 aliphatic rings. The molecular formula is C18H29N5O2S. The molecule has 0 saturated heterocycles. The van der Waals surface area contributed by atoms with Crippen LogP contribution >= 0.6 is 0 Å². The highest BCUT2D eigenvalue weighted by molar-refractivity contribution is 7.90. The maximum Gasteiger partial charge on any atom is 0.191 e. The van der Waals surface area contributed by atoms with Crippen LogP contribution in [0.1, 0.15) is 25.6 Å². The largest absolute Gasteiger partial charge is 0.357 e. The van der Waals surface area contributed by atoms with Gasteiger partial charge in [-0.25, -0.2) is 13.4 Å². The smallest absolute Gasteiger partial charge is 0.191 e. The molecular weight excluding hydrogens is 350 g/mol. The Balaban J connectivity index is 1.84. The summed E-state index contributed by atoms with van der Waals surface area (Å²) in [5.41, 5.74) is 2.18. The second-order valence-electron chi connectivity index (χ2n) is 6.32. The topological polar surface area (TPSA) is 88.4 Å². The molecule has 2 rings (SSSR count). The van der Waals surface area contributed by atoms with Gasteiger partial charge < -0.3 is 15.2 Å². The first-order valence-electron chi connectivity index (χ1n) is 9.02. The number of aliphatic imine (C=N–C) groups is 1. The summed E-state index contributed by atoms with van der Waals surface area (Å²) >= 11 is 0. The quantitative estimate of drug-likeness (QED) is 0.393. The maximum atomic E-state index is 11.2. The Bertz CT molecular complexity index is 842. The number of sulfone groups is 1. The molecule has 0 amide bonds. The number of benzene rings is 1. The van der Waals surface area contributed by atoms with Gasteiger partial charge in [0.1, 0.15) is 15.7 Å². The number of hydrogen-bond acceptors (Lipinski definition) is 4. The van der Waals surface area contributed by atoms with E-state index in [1.165, 1.54) is 6.26 Å². The monoisotopic (exact) mass is 379 g/mol. The van der Waals surface area contributed by atoms with Crippen molar-refractivity contribution in [1.82, 2.24) is 20.2 Å². The Kier molecular flexibility index (Phi) is 7.44. The summed E-state index contributed by atoms with van der Waals surface area (Å²) in [6, 6.07) is 8.15. The van der Waals surface area contributed by atoms with E-state index in [1.54, 1.807) is 0 Å². The molecule has 1 aromatic heterocycles. The van der Waals surface area contributed by atoms with Gasteiger partial charge in [0.15, 0.2) is 5.96 Å². The molecule has 144 valence electrons. The minimum Gasteiger partial charge on any atom is -0.357 e. The average Bonchev–Trinajstić information content (AvgIpc) is 2.90. The Morgan fingerprint density at radius 2 is 2.00 bits per heavy atom. The van der Waals surface area contributed by atoms with E-state index in [2.05, 4.69) is 31.2 Å². The zero-order valence-electron chi connectivity index (χ0n) is 15.8. The van der Waals surface area contributed by atoms with Crippen molar-refractivity contribution >= 4 is 26.8 Å². The van der Waals surface area contributed by atoms with Crippen LogP contribution in [0.4, 0.5) is 0 Å². The lowest BCUT2D eigenvalue weighted by Gasteiger charge is -2.11. The van der Waals surface area contributed by atoms with Gasteiger partial charge in [0, 0.05) is 32.4 Å². The van der Waals surface area contributed by atoms with Crippen LogP contribution in [-0.4, -0.2) is 55.6 Å². The molecule has 0 radical (unpaired) electrons. The van der Waals surface area contributed by atoms with Crippen molar-refractivity contribution < 1.29 is 8.42 Å². The number of para-hydroxylation sites is 2. The molecule has 0 spiro atoms. The highest BCUT2D eigenvalue weighted by Gasteiger charge is 2.06. The van der Waals surface area contributed by atoms with E-state index in [0.29, 0.717) is 19.5 Å². The summed E-state index contributed by atoms with van der Waals surface area (Å²) in [5, 5.41) is 6.37. The number of guanidine groups is 1. The van der Waals surface area contributed by atoms with Crippen molar-refractivity contribution in [3.05, 3.63) is 30.1 Å². The first-order valence-corrected chi connectivity index (χ1v) is 11.1. The van der Waals surface area contributed by atoms with Crippen molar-refractivity contribution in [2.45, 2.75) is 33.2 Å². The lowest BCUT2D eigenvalue weighted by Crippen LogP contribution is -2.38. The number of rotatable bonds is 9. The third-order valence-corrected chi connectivity index (χ3v) is 5.01. The summed E-state index contributed by atoms with van der Waals surface area (Å²) in [6.45, 7) is 6.94. The molecule has 1 heterocycles. The van der Waals surface area contributed by atoms with Crippen molar-refractivity contribution in [2.24, 2.45) is 4.99 Å². The van der Waals surface area contributed by atoms with Crippen LogP contribution in [-0.2, 0) is 16.4 Å². The van der Waals surface area contributed by atoms with Gasteiger partial charge in [-0.3, -0.25) is 4.99 Å². The fourth-order valence-corrected chi connectivity index (χ4v) is 3.45. The number of aryl methyl sites for hydroxylation is 2. The van der Waals surface area contributed by atoms with Crippen molar-refractivity contribution in [3.63, 3.8) is 0 Å². The normalized spacial score (nSPS) is 12.5. The van der Waals surface area contributed by atoms with Crippen molar-refractivity contribution in [1.29, 1.82) is 0 Å². The van der Waals surface area contributed by atoms with Gasteiger partial charge in [-0.1, -0.05) is 12.1 Å². The molecule has 0 fully saturated rings. The molecule has 0 aliphatic carbocycles. The number of aromatic nitrogens is 2. The molecule has 8 heteroatoms. The number of fused-ring (bicyclic) bond motifs is 1. The minimum absolute atomic E-state index is 0.187. The Labute approximate surface area is 155 Å². The Morgan fingerprint density at radius 3 is 2.73 bits per heavy atom.